The van der Waals surface area contributed by atoms with Gasteiger partial charge >= 0.3 is 0 Å². The van der Waals surface area contributed by atoms with E-state index in [1.165, 1.54) is 0 Å². The number of hydrogen-bond donors (Lipinski definition) is 0. The molecule has 136 valence electrons. The van der Waals surface area contributed by atoms with E-state index in [9.17, 15) is 4.79 Å². The number of ketones is 1. The van der Waals surface area contributed by atoms with Gasteiger partial charge in [0.2, 0.25) is 0 Å². The Balaban J connectivity index is 1.58. The molecule has 0 amide bonds. The van der Waals surface area contributed by atoms with Crippen LogP contribution in [0, 0.1) is 35.0 Å². The largest absolute Gasteiger partial charge is 0.353 e. The van der Waals surface area contributed by atoms with E-state index >= 15 is 4.39 Å². The van der Waals surface area contributed by atoms with Crippen LogP contribution in [0.15, 0.2) is 0 Å². The highest BCUT2D eigenvalue weighted by molar-refractivity contribution is 5.87. The molecule has 0 saturated heterocycles. The number of hydrogen-bond acceptors (Lipinski definition) is 3. The van der Waals surface area contributed by atoms with Gasteiger partial charge in [0.15, 0.2) is 5.79 Å². The topological polar surface area (TPSA) is 35.5 Å². The van der Waals surface area contributed by atoms with E-state index in [0.717, 1.165) is 32.1 Å². The van der Waals surface area contributed by atoms with Crippen LogP contribution in [0.5, 0.6) is 0 Å². The lowest BCUT2D eigenvalue weighted by Crippen LogP contribution is -2.55. The smallest absolute Gasteiger partial charge is 0.167 e. The molecule has 0 bridgehead atoms. The van der Waals surface area contributed by atoms with Gasteiger partial charge in [-0.1, -0.05) is 6.92 Å². The van der Waals surface area contributed by atoms with Crippen molar-refractivity contribution in [1.82, 2.24) is 0 Å². The van der Waals surface area contributed by atoms with E-state index in [1.54, 1.807) is 14.2 Å². The fraction of sp³-hybridized carbons (Fsp3) is 0.950. The SMILES string of the molecule is COC1(OC)CC[C@H]2[C@H](C1)[C@H](F)CC1[C@@H]2CC[C@]2(C)C(=O)CC[C@@H]12. The highest BCUT2D eigenvalue weighted by Crippen LogP contribution is 2.62. The van der Waals surface area contributed by atoms with E-state index in [-0.39, 0.29) is 11.3 Å². The molecular weight excluding hydrogens is 307 g/mol. The maximum atomic E-state index is 15.2. The average molecular weight is 338 g/mol. The highest BCUT2D eigenvalue weighted by Gasteiger charge is 2.60. The summed E-state index contributed by atoms with van der Waals surface area (Å²) in [7, 11) is 3.36. The molecule has 7 atom stereocenters. The average Bonchev–Trinajstić information content (AvgIpc) is 2.90. The summed E-state index contributed by atoms with van der Waals surface area (Å²) in [6.07, 6.45) is 6.20. The Kier molecular flexibility index (Phi) is 4.08. The normalized spacial score (nSPS) is 50.1. The molecule has 0 aromatic carbocycles. The first-order chi connectivity index (χ1) is 11.4. The molecule has 4 rings (SSSR count). The van der Waals surface area contributed by atoms with E-state index in [4.69, 9.17) is 9.47 Å². The number of Topliss-reactive ketones (excluding diaryl/α,β-unsaturated/α-hetero) is 1. The number of carbonyl (C=O) groups is 1. The molecule has 0 heterocycles. The van der Waals surface area contributed by atoms with E-state index in [2.05, 4.69) is 6.92 Å². The van der Waals surface area contributed by atoms with Crippen LogP contribution < -0.4 is 0 Å². The third-order valence-corrected chi connectivity index (χ3v) is 8.41. The molecule has 0 aromatic heterocycles. The van der Waals surface area contributed by atoms with Gasteiger partial charge in [-0.15, -0.1) is 0 Å². The molecule has 0 radical (unpaired) electrons. The molecule has 3 nitrogen and oxygen atoms in total. The molecule has 24 heavy (non-hydrogen) atoms. The molecule has 0 aliphatic heterocycles. The van der Waals surface area contributed by atoms with Gasteiger partial charge in [0.1, 0.15) is 12.0 Å². The van der Waals surface area contributed by atoms with E-state index in [0.29, 0.717) is 48.7 Å². The van der Waals surface area contributed by atoms with Gasteiger partial charge < -0.3 is 9.47 Å². The van der Waals surface area contributed by atoms with Crippen LogP contribution >= 0.6 is 0 Å². The minimum Gasteiger partial charge on any atom is -0.353 e. The maximum absolute atomic E-state index is 15.2. The first kappa shape index (κ1) is 17.0. The number of alkyl halides is 1. The molecule has 0 aromatic rings. The highest BCUT2D eigenvalue weighted by atomic mass is 19.1. The summed E-state index contributed by atoms with van der Waals surface area (Å²) in [6.45, 7) is 2.16. The summed E-state index contributed by atoms with van der Waals surface area (Å²) < 4.78 is 26.4. The van der Waals surface area contributed by atoms with Gasteiger partial charge in [-0.3, -0.25) is 4.79 Å². The van der Waals surface area contributed by atoms with Gasteiger partial charge in [0.05, 0.1) is 0 Å². The van der Waals surface area contributed by atoms with Gasteiger partial charge in [-0.25, -0.2) is 4.39 Å². The molecule has 4 aliphatic carbocycles. The van der Waals surface area contributed by atoms with Crippen LogP contribution in [0.25, 0.3) is 0 Å². The lowest BCUT2D eigenvalue weighted by molar-refractivity contribution is -0.253. The second-order valence-corrected chi connectivity index (χ2v) is 8.99. The minimum absolute atomic E-state index is 0.0568. The minimum atomic E-state index is -0.778. The summed E-state index contributed by atoms with van der Waals surface area (Å²) in [4.78, 5) is 12.4. The summed E-state index contributed by atoms with van der Waals surface area (Å²) in [5, 5.41) is 0. The number of fused-ring (bicyclic) bond motifs is 5. The Hall–Kier alpha value is -0.480. The zero-order valence-electron chi connectivity index (χ0n) is 15.2. The van der Waals surface area contributed by atoms with Crippen LogP contribution in [0.4, 0.5) is 4.39 Å². The number of halogens is 1. The number of methoxy groups -OCH3 is 2. The third-order valence-electron chi connectivity index (χ3n) is 8.41. The standard InChI is InChI=1S/C20H31FO3/c1-19-8-6-12-13-7-9-20(23-2,24-3)11-15(13)17(21)10-14(12)16(19)4-5-18(19)22/h12-17H,4-11H2,1-3H3/t12-,13-,14?,15+,16+,17-,19+/m1/s1. The first-order valence-corrected chi connectivity index (χ1v) is 9.72. The monoisotopic (exact) mass is 338 g/mol. The molecule has 4 aliphatic rings. The van der Waals surface area contributed by atoms with Gasteiger partial charge in [-0.05, 0) is 61.7 Å². The van der Waals surface area contributed by atoms with Crippen molar-refractivity contribution in [3.8, 4) is 0 Å². The zero-order valence-corrected chi connectivity index (χ0v) is 15.2. The molecule has 0 spiro atoms. The van der Waals surface area contributed by atoms with Crippen molar-refractivity contribution >= 4 is 5.78 Å². The Bertz CT molecular complexity index is 517. The Morgan fingerprint density at radius 3 is 2.38 bits per heavy atom. The zero-order chi connectivity index (χ0) is 17.1. The molecule has 4 fully saturated rings. The first-order valence-electron chi connectivity index (χ1n) is 9.72. The predicted octanol–water partition coefficient (Wildman–Crippen LogP) is 4.15. The molecular formula is C20H31FO3. The Morgan fingerprint density at radius 1 is 1.00 bits per heavy atom. The van der Waals surface area contributed by atoms with Crippen LogP contribution in [0.1, 0.15) is 58.3 Å². The van der Waals surface area contributed by atoms with Crippen molar-refractivity contribution in [1.29, 1.82) is 0 Å². The Labute approximate surface area is 144 Å². The van der Waals surface area contributed by atoms with Crippen LogP contribution in [0.3, 0.4) is 0 Å². The van der Waals surface area contributed by atoms with Crippen molar-refractivity contribution in [3.05, 3.63) is 0 Å². The summed E-state index contributed by atoms with van der Waals surface area (Å²) in [6, 6.07) is 0. The fourth-order valence-electron chi connectivity index (χ4n) is 6.99. The lowest BCUT2D eigenvalue weighted by atomic mass is 9.50. The van der Waals surface area contributed by atoms with Gasteiger partial charge in [0.25, 0.3) is 0 Å². The summed E-state index contributed by atoms with van der Waals surface area (Å²) in [5.41, 5.74) is -0.162. The number of rotatable bonds is 2. The fourth-order valence-corrected chi connectivity index (χ4v) is 6.99. The molecule has 0 N–H and O–H groups in total. The molecule has 4 heteroatoms. The predicted molar refractivity (Wildman–Crippen MR) is 89.1 cm³/mol. The van der Waals surface area contributed by atoms with E-state index < -0.39 is 12.0 Å². The van der Waals surface area contributed by atoms with E-state index in [1.807, 2.05) is 0 Å². The van der Waals surface area contributed by atoms with Crippen molar-refractivity contribution < 1.29 is 18.7 Å². The molecule has 1 unspecified atom stereocenters. The summed E-state index contributed by atoms with van der Waals surface area (Å²) >= 11 is 0. The second kappa shape index (κ2) is 5.77. The number of carbonyl (C=O) groups excluding carboxylic acids is 1. The summed E-state index contributed by atoms with van der Waals surface area (Å²) in [5.74, 6) is 1.76. The van der Waals surface area contributed by atoms with Crippen LogP contribution in [-0.4, -0.2) is 32.0 Å². The second-order valence-electron chi connectivity index (χ2n) is 8.99. The molecule has 4 saturated carbocycles. The van der Waals surface area contributed by atoms with Crippen molar-refractivity contribution in [2.75, 3.05) is 14.2 Å². The Morgan fingerprint density at radius 2 is 1.67 bits per heavy atom. The number of ether oxygens (including phenoxy) is 2. The maximum Gasteiger partial charge on any atom is 0.167 e. The van der Waals surface area contributed by atoms with Crippen molar-refractivity contribution in [2.24, 2.45) is 35.0 Å². The third kappa shape index (κ3) is 2.25. The lowest BCUT2D eigenvalue weighted by Gasteiger charge is -2.56. The quantitative estimate of drug-likeness (QED) is 0.710. The van der Waals surface area contributed by atoms with Crippen LogP contribution in [0.2, 0.25) is 0 Å². The van der Waals surface area contributed by atoms with Gasteiger partial charge in [-0.2, -0.15) is 0 Å². The van der Waals surface area contributed by atoms with Gasteiger partial charge in [0, 0.05) is 38.9 Å². The van der Waals surface area contributed by atoms with Crippen LogP contribution in [-0.2, 0) is 14.3 Å². The van der Waals surface area contributed by atoms with Crippen molar-refractivity contribution in [2.45, 2.75) is 70.2 Å². The van der Waals surface area contributed by atoms with Crippen molar-refractivity contribution in [3.63, 3.8) is 0 Å².